The molecule has 5 nitrogen and oxygen atoms in total. The summed E-state index contributed by atoms with van der Waals surface area (Å²) in [4.78, 5) is 26.8. The Balaban J connectivity index is 1.70. The molecule has 24 heavy (non-hydrogen) atoms. The molecule has 1 fully saturated rings. The molecule has 1 spiro atoms. The lowest BCUT2D eigenvalue weighted by Gasteiger charge is -2.33. The Morgan fingerprint density at radius 2 is 2.00 bits per heavy atom. The van der Waals surface area contributed by atoms with Crippen LogP contribution in [0.25, 0.3) is 0 Å². The van der Waals surface area contributed by atoms with Gasteiger partial charge in [0.2, 0.25) is 0 Å². The number of nitrogens with zero attached hydrogens (tertiary/aromatic N) is 1. The number of para-hydroxylation sites is 1. The van der Waals surface area contributed by atoms with Gasteiger partial charge < -0.3 is 10.1 Å². The molecule has 0 aromatic heterocycles. The van der Waals surface area contributed by atoms with Crippen LogP contribution in [0, 0.1) is 0 Å². The maximum absolute atomic E-state index is 13.1. The van der Waals surface area contributed by atoms with Crippen molar-refractivity contribution >= 4 is 23.5 Å². The van der Waals surface area contributed by atoms with Crippen molar-refractivity contribution in [2.24, 2.45) is 0 Å². The number of carbonyl (C=O) groups excluding carboxylic acids is 2. The molecule has 1 saturated heterocycles. The highest BCUT2D eigenvalue weighted by Gasteiger charge is 2.54. The molecular formula is C18H15ClN2O3. The van der Waals surface area contributed by atoms with E-state index in [0.29, 0.717) is 29.4 Å². The number of ether oxygens (including phenoxy) is 1. The van der Waals surface area contributed by atoms with E-state index in [1.54, 1.807) is 18.2 Å². The second-order valence-electron chi connectivity index (χ2n) is 5.95. The number of halogens is 1. The maximum atomic E-state index is 13.1. The van der Waals surface area contributed by atoms with E-state index in [9.17, 15) is 9.59 Å². The summed E-state index contributed by atoms with van der Waals surface area (Å²) in [6.07, 6.45) is 0.417. The summed E-state index contributed by atoms with van der Waals surface area (Å²) in [5, 5.41) is 3.46. The molecule has 4 rings (SSSR count). The van der Waals surface area contributed by atoms with Gasteiger partial charge in [0.15, 0.2) is 5.54 Å². The van der Waals surface area contributed by atoms with Crippen molar-refractivity contribution in [1.29, 1.82) is 0 Å². The molecule has 0 saturated carbocycles. The molecule has 2 aliphatic heterocycles. The van der Waals surface area contributed by atoms with Gasteiger partial charge in [0.25, 0.3) is 5.91 Å². The molecule has 1 unspecified atom stereocenters. The number of carbonyl (C=O) groups is 2. The van der Waals surface area contributed by atoms with Crippen molar-refractivity contribution in [3.63, 3.8) is 0 Å². The van der Waals surface area contributed by atoms with E-state index in [0.717, 1.165) is 5.56 Å². The van der Waals surface area contributed by atoms with Crippen molar-refractivity contribution in [1.82, 2.24) is 10.2 Å². The fraction of sp³-hybridized carbons (Fsp3) is 0.222. The lowest BCUT2D eigenvalue weighted by Crippen LogP contribution is -2.47. The summed E-state index contributed by atoms with van der Waals surface area (Å²) in [6, 6.07) is 14.1. The second-order valence-corrected chi connectivity index (χ2v) is 6.39. The molecule has 0 bridgehead atoms. The normalized spacial score (nSPS) is 22.3. The Kier molecular flexibility index (Phi) is 3.46. The first kappa shape index (κ1) is 15.0. The summed E-state index contributed by atoms with van der Waals surface area (Å²) in [7, 11) is 0. The zero-order valence-electron chi connectivity index (χ0n) is 12.8. The van der Waals surface area contributed by atoms with E-state index < -0.39 is 11.6 Å². The van der Waals surface area contributed by atoms with Gasteiger partial charge in [0, 0.05) is 17.0 Å². The van der Waals surface area contributed by atoms with Crippen LogP contribution in [0.2, 0.25) is 5.02 Å². The number of imide groups is 1. The molecule has 3 amide bonds. The predicted octanol–water partition coefficient (Wildman–Crippen LogP) is 3.07. The van der Waals surface area contributed by atoms with Gasteiger partial charge >= 0.3 is 6.03 Å². The molecule has 0 radical (unpaired) electrons. The molecule has 2 aliphatic rings. The Morgan fingerprint density at radius 3 is 2.83 bits per heavy atom. The van der Waals surface area contributed by atoms with Crippen LogP contribution in [-0.4, -0.2) is 23.4 Å². The van der Waals surface area contributed by atoms with E-state index in [4.69, 9.17) is 16.3 Å². The van der Waals surface area contributed by atoms with Gasteiger partial charge in [0.05, 0.1) is 13.2 Å². The highest BCUT2D eigenvalue weighted by molar-refractivity contribution is 6.30. The smallest absolute Gasteiger partial charge is 0.325 e. The number of rotatable bonds is 2. The number of hydrogen-bond acceptors (Lipinski definition) is 3. The molecule has 6 heteroatoms. The van der Waals surface area contributed by atoms with E-state index in [2.05, 4.69) is 5.32 Å². The Hall–Kier alpha value is -2.53. The van der Waals surface area contributed by atoms with Crippen molar-refractivity contribution in [2.75, 3.05) is 6.61 Å². The summed E-state index contributed by atoms with van der Waals surface area (Å²) >= 11 is 5.99. The number of hydrogen-bond donors (Lipinski definition) is 1. The van der Waals surface area contributed by atoms with Gasteiger partial charge in [-0.05, 0) is 23.8 Å². The zero-order chi connectivity index (χ0) is 16.7. The largest absolute Gasteiger partial charge is 0.493 e. The summed E-state index contributed by atoms with van der Waals surface area (Å²) in [6.45, 7) is 0.573. The van der Waals surface area contributed by atoms with Crippen LogP contribution in [0.1, 0.15) is 17.5 Å². The molecule has 1 N–H and O–H groups in total. The number of amides is 3. The average Bonchev–Trinajstić information content (AvgIpc) is 2.80. The quantitative estimate of drug-likeness (QED) is 0.853. The van der Waals surface area contributed by atoms with Crippen molar-refractivity contribution in [3.05, 3.63) is 64.7 Å². The highest BCUT2D eigenvalue weighted by atomic mass is 35.5. The fourth-order valence-corrected chi connectivity index (χ4v) is 3.55. The fourth-order valence-electron chi connectivity index (χ4n) is 3.33. The Labute approximate surface area is 144 Å². The molecular weight excluding hydrogens is 328 g/mol. The van der Waals surface area contributed by atoms with Gasteiger partial charge in [-0.15, -0.1) is 0 Å². The molecule has 2 heterocycles. The number of fused-ring (bicyclic) bond motifs is 2. The summed E-state index contributed by atoms with van der Waals surface area (Å²) in [5.41, 5.74) is 0.483. The number of benzene rings is 2. The molecule has 122 valence electrons. The first-order chi connectivity index (χ1) is 11.6. The van der Waals surface area contributed by atoms with E-state index in [1.807, 2.05) is 30.3 Å². The van der Waals surface area contributed by atoms with Gasteiger partial charge in [-0.1, -0.05) is 41.9 Å². The van der Waals surface area contributed by atoms with Crippen LogP contribution in [0.4, 0.5) is 4.79 Å². The lowest BCUT2D eigenvalue weighted by molar-refractivity contribution is -0.133. The van der Waals surface area contributed by atoms with E-state index >= 15 is 0 Å². The Bertz CT molecular complexity index is 839. The van der Waals surface area contributed by atoms with Crippen LogP contribution in [-0.2, 0) is 16.9 Å². The highest BCUT2D eigenvalue weighted by Crippen LogP contribution is 2.41. The number of nitrogens with one attached hydrogen (secondary N) is 1. The molecule has 2 aromatic carbocycles. The predicted molar refractivity (Wildman–Crippen MR) is 88.8 cm³/mol. The maximum Gasteiger partial charge on any atom is 0.325 e. The van der Waals surface area contributed by atoms with Crippen LogP contribution in [0.5, 0.6) is 5.75 Å². The minimum absolute atomic E-state index is 0.190. The zero-order valence-corrected chi connectivity index (χ0v) is 13.5. The Morgan fingerprint density at radius 1 is 1.17 bits per heavy atom. The van der Waals surface area contributed by atoms with Crippen molar-refractivity contribution < 1.29 is 14.3 Å². The number of urea groups is 1. The van der Waals surface area contributed by atoms with Crippen LogP contribution in [0.15, 0.2) is 48.5 Å². The monoisotopic (exact) mass is 342 g/mol. The lowest BCUT2D eigenvalue weighted by atomic mass is 9.84. The molecule has 2 aromatic rings. The molecule has 1 atom stereocenters. The average molecular weight is 343 g/mol. The van der Waals surface area contributed by atoms with Crippen molar-refractivity contribution in [3.8, 4) is 5.75 Å². The molecule has 0 aliphatic carbocycles. The van der Waals surface area contributed by atoms with Crippen LogP contribution < -0.4 is 10.1 Å². The van der Waals surface area contributed by atoms with E-state index in [1.165, 1.54) is 4.90 Å². The van der Waals surface area contributed by atoms with Crippen LogP contribution >= 0.6 is 11.6 Å². The minimum Gasteiger partial charge on any atom is -0.493 e. The second kappa shape index (κ2) is 5.53. The van der Waals surface area contributed by atoms with Gasteiger partial charge in [-0.3, -0.25) is 9.69 Å². The first-order valence-corrected chi connectivity index (χ1v) is 8.09. The van der Waals surface area contributed by atoms with E-state index in [-0.39, 0.29) is 12.5 Å². The SMILES string of the molecule is O=C1NC2(CCOc3ccccc32)C(=O)N1Cc1cccc(Cl)c1. The van der Waals surface area contributed by atoms with Crippen LogP contribution in [0.3, 0.4) is 0 Å². The topological polar surface area (TPSA) is 58.6 Å². The third kappa shape index (κ3) is 2.24. The first-order valence-electron chi connectivity index (χ1n) is 7.71. The van der Waals surface area contributed by atoms with Crippen molar-refractivity contribution in [2.45, 2.75) is 18.5 Å². The van der Waals surface area contributed by atoms with Gasteiger partial charge in [-0.2, -0.15) is 0 Å². The third-order valence-corrected chi connectivity index (χ3v) is 4.72. The third-order valence-electron chi connectivity index (χ3n) is 4.49. The van der Waals surface area contributed by atoms with Gasteiger partial charge in [0.1, 0.15) is 5.75 Å². The standard InChI is InChI=1S/C18H15ClN2O3/c19-13-5-3-4-12(10-13)11-21-16(22)18(20-17(21)23)8-9-24-15-7-2-1-6-14(15)18/h1-7,10H,8-9,11H2,(H,20,23). The van der Waals surface area contributed by atoms with Gasteiger partial charge in [-0.25, -0.2) is 4.79 Å². The summed E-state index contributed by atoms with van der Waals surface area (Å²) in [5.74, 6) is 0.394. The summed E-state index contributed by atoms with van der Waals surface area (Å²) < 4.78 is 5.62. The minimum atomic E-state index is -1.04.